The molecule has 0 aromatic carbocycles. The van der Waals surface area contributed by atoms with Crippen LogP contribution in [0.5, 0.6) is 0 Å². The molecule has 0 fully saturated rings. The molecule has 0 aliphatic heterocycles. The second-order valence-electron chi connectivity index (χ2n) is 0.519. The van der Waals surface area contributed by atoms with Gasteiger partial charge in [0.15, 0.2) is 0 Å². The van der Waals surface area contributed by atoms with E-state index in [-0.39, 0.29) is 0 Å². The van der Waals surface area contributed by atoms with Crippen LogP contribution in [0, 0.1) is 0 Å². The third-order valence-electron chi connectivity index (χ3n) is 0. The van der Waals surface area contributed by atoms with Crippen molar-refractivity contribution in [2.24, 2.45) is 0 Å². The number of rotatable bonds is 0. The maximum Gasteiger partial charge on any atom is 0.251 e. The van der Waals surface area contributed by atoms with E-state index in [9.17, 15) is 0 Å². The molecule has 0 N–H and O–H groups in total. The number of alkyl halides is 2. The fourth-order valence-electron chi connectivity index (χ4n) is 0. The van der Waals surface area contributed by atoms with E-state index in [1.165, 1.54) is 16.3 Å². The van der Waals surface area contributed by atoms with E-state index in [2.05, 4.69) is 31.9 Å². The summed E-state index contributed by atoms with van der Waals surface area (Å²) >= 11 is 7.68. The van der Waals surface area contributed by atoms with E-state index in [0.717, 1.165) is 0 Å². The molecule has 0 spiro atoms. The fraction of sp³-hybridized carbons (Fsp3) is 1.00. The van der Waals surface area contributed by atoms with E-state index >= 15 is 0 Å². The molecule has 0 aliphatic carbocycles. The first-order valence-electron chi connectivity index (χ1n) is 1.01. The Balaban J connectivity index is 2.32. The lowest BCUT2D eigenvalue weighted by molar-refractivity contribution is 2.16. The monoisotopic (exact) mass is 200 g/mol. The van der Waals surface area contributed by atoms with Crippen LogP contribution in [0.25, 0.3) is 0 Å². The van der Waals surface area contributed by atoms with Crippen molar-refractivity contribution in [1.82, 2.24) is 0 Å². The van der Waals surface area contributed by atoms with Gasteiger partial charge in [-0.15, -0.1) is 0 Å². The SMILES string of the molecule is [AlH2][CH](Br)Br. The first-order chi connectivity index (χ1) is 1.73. The predicted octanol–water partition coefficient (Wildman–Crippen LogP) is 0.693. The van der Waals surface area contributed by atoms with Gasteiger partial charge in [-0.2, -0.15) is 0 Å². The number of halogens is 2. The molecule has 24 valence electrons. The molecule has 0 bridgehead atoms. The summed E-state index contributed by atoms with van der Waals surface area (Å²) in [7, 11) is 0. The van der Waals surface area contributed by atoms with Gasteiger partial charge < -0.3 is 0 Å². The minimum atomic E-state index is 0.597. The Bertz CT molecular complexity index is 10.8. The molecule has 0 nitrogen and oxygen atoms in total. The molecule has 0 aromatic rings. The van der Waals surface area contributed by atoms with Gasteiger partial charge in [-0.1, -0.05) is 31.9 Å². The van der Waals surface area contributed by atoms with E-state index < -0.39 is 0 Å². The van der Waals surface area contributed by atoms with Gasteiger partial charge in [0.05, 0.1) is 0 Å². The van der Waals surface area contributed by atoms with E-state index in [0.29, 0.717) is 2.60 Å². The highest BCUT2D eigenvalue weighted by atomic mass is 79.9. The molecule has 0 rings (SSSR count). The zero-order chi connectivity index (χ0) is 3.58. The lowest BCUT2D eigenvalue weighted by Crippen LogP contribution is -1.73. The van der Waals surface area contributed by atoms with E-state index in [4.69, 9.17) is 0 Å². The molecule has 0 radical (unpaired) electrons. The van der Waals surface area contributed by atoms with Crippen molar-refractivity contribution in [3.05, 3.63) is 0 Å². The summed E-state index contributed by atoms with van der Waals surface area (Å²) in [6.07, 6.45) is 0. The Labute approximate surface area is 50.6 Å². The Morgan fingerprint density at radius 1 is 1.50 bits per heavy atom. The lowest BCUT2D eigenvalue weighted by atomic mass is 11.9. The molecule has 0 unspecified atom stereocenters. The van der Waals surface area contributed by atoms with Crippen LogP contribution in [-0.4, -0.2) is 18.9 Å². The summed E-state index contributed by atoms with van der Waals surface area (Å²) in [6.45, 7) is 0. The molecule has 3 heteroatoms. The zero-order valence-corrected chi connectivity index (χ0v) is 7.51. The van der Waals surface area contributed by atoms with Crippen LogP contribution in [0.1, 0.15) is 0 Å². The van der Waals surface area contributed by atoms with Gasteiger partial charge in [-0.3, -0.25) is 0 Å². The van der Waals surface area contributed by atoms with Crippen LogP contribution in [0.4, 0.5) is 0 Å². The Morgan fingerprint density at radius 3 is 1.50 bits per heavy atom. The van der Waals surface area contributed by atoms with Gasteiger partial charge in [0, 0.05) is 2.60 Å². The summed E-state index contributed by atoms with van der Waals surface area (Å²) in [5.74, 6) is 0. The Kier molecular flexibility index (Phi) is 3.73. The first kappa shape index (κ1) is 5.49. The van der Waals surface area contributed by atoms with Crippen LogP contribution in [0.15, 0.2) is 0 Å². The highest BCUT2D eigenvalue weighted by molar-refractivity contribution is 9.25. The highest BCUT2D eigenvalue weighted by Crippen LogP contribution is 1.98. The van der Waals surface area contributed by atoms with Gasteiger partial charge in [-0.05, 0) is 0 Å². The molecular weight excluding hydrogens is 199 g/mol. The summed E-state index contributed by atoms with van der Waals surface area (Å²) in [4.78, 5) is 0. The van der Waals surface area contributed by atoms with Crippen molar-refractivity contribution >= 4 is 48.2 Å². The molecule has 0 heterocycles. The minimum absolute atomic E-state index is 0.597. The largest absolute Gasteiger partial charge is 0.251 e. The van der Waals surface area contributed by atoms with Crippen LogP contribution in [0.2, 0.25) is 0 Å². The Hall–Kier alpha value is 1.49. The summed E-state index contributed by atoms with van der Waals surface area (Å²) in [5.41, 5.74) is 0. The molecule has 0 atom stereocenters. The standard InChI is InChI=1S/CHBr2.Al.2H/c2-1-3;;;/h1H;;;. The number of hydrogen-bond acceptors (Lipinski definition) is 0. The topological polar surface area (TPSA) is 0 Å². The van der Waals surface area contributed by atoms with Gasteiger partial charge in [0.2, 0.25) is 0 Å². The summed E-state index contributed by atoms with van der Waals surface area (Å²) in [6, 6.07) is 0. The molecule has 0 saturated heterocycles. The molecule has 0 aromatic heterocycles. The van der Waals surface area contributed by atoms with Crippen LogP contribution >= 0.6 is 31.9 Å². The minimum Gasteiger partial charge on any atom is -0.0944 e. The van der Waals surface area contributed by atoms with Gasteiger partial charge in [0.1, 0.15) is 0 Å². The average molecular weight is 202 g/mol. The van der Waals surface area contributed by atoms with Crippen molar-refractivity contribution < 1.29 is 0 Å². The second-order valence-corrected chi connectivity index (χ2v) is 9.03. The van der Waals surface area contributed by atoms with Crippen LogP contribution in [0.3, 0.4) is 0 Å². The van der Waals surface area contributed by atoms with Gasteiger partial charge >= 0.3 is 0 Å². The van der Waals surface area contributed by atoms with Crippen molar-refractivity contribution in [3.63, 3.8) is 0 Å². The average Bonchev–Trinajstić information content (AvgIpc) is 0.811. The lowest BCUT2D eigenvalue weighted by Gasteiger charge is -1.72. The normalized spacial score (nSPS) is 8.75. The van der Waals surface area contributed by atoms with Gasteiger partial charge in [-0.25, -0.2) is 0 Å². The Morgan fingerprint density at radius 2 is 1.50 bits per heavy atom. The smallest absolute Gasteiger partial charge is 0.0944 e. The molecule has 0 aliphatic rings. The number of hydrogen-bond donors (Lipinski definition) is 0. The maximum absolute atomic E-state index is 3.25. The third kappa shape index (κ3) is 9.74. The maximum atomic E-state index is 3.25. The molecule has 4 heavy (non-hydrogen) atoms. The molecule has 0 saturated carbocycles. The fourth-order valence-corrected chi connectivity index (χ4v) is 0. The highest BCUT2D eigenvalue weighted by Gasteiger charge is 1.76. The van der Waals surface area contributed by atoms with Gasteiger partial charge in [0.25, 0.3) is 16.3 Å². The third-order valence-corrected chi connectivity index (χ3v) is 0. The summed E-state index contributed by atoms with van der Waals surface area (Å²) in [5, 5.41) is 0. The van der Waals surface area contributed by atoms with Crippen molar-refractivity contribution in [2.75, 3.05) is 0 Å². The zero-order valence-electron chi connectivity index (χ0n) is 2.33. The van der Waals surface area contributed by atoms with Crippen molar-refractivity contribution in [3.8, 4) is 0 Å². The van der Waals surface area contributed by atoms with E-state index in [1.807, 2.05) is 0 Å². The van der Waals surface area contributed by atoms with Crippen LogP contribution < -0.4 is 0 Å². The van der Waals surface area contributed by atoms with Crippen molar-refractivity contribution in [2.45, 2.75) is 2.60 Å². The first-order valence-corrected chi connectivity index (χ1v) is 4.00. The van der Waals surface area contributed by atoms with Crippen LogP contribution in [-0.2, 0) is 0 Å². The molecular formula is CH3AlBr2. The second kappa shape index (κ2) is 2.72. The summed E-state index contributed by atoms with van der Waals surface area (Å²) < 4.78 is 0.597. The molecule has 0 amide bonds. The van der Waals surface area contributed by atoms with E-state index in [1.54, 1.807) is 0 Å². The predicted molar refractivity (Wildman–Crippen MR) is 30.2 cm³/mol. The quantitative estimate of drug-likeness (QED) is 0.400. The van der Waals surface area contributed by atoms with Crippen molar-refractivity contribution in [1.29, 1.82) is 0 Å².